The molecule has 17 heavy (non-hydrogen) atoms. The quantitative estimate of drug-likeness (QED) is 0.643. The zero-order valence-corrected chi connectivity index (χ0v) is 11.0. The van der Waals surface area contributed by atoms with Gasteiger partial charge in [0.05, 0.1) is 5.41 Å². The summed E-state index contributed by atoms with van der Waals surface area (Å²) in [5.41, 5.74) is -0.431. The van der Waals surface area contributed by atoms with E-state index in [9.17, 15) is 9.90 Å². The van der Waals surface area contributed by atoms with E-state index in [2.05, 4.69) is 6.92 Å². The molecule has 3 nitrogen and oxygen atoms in total. The van der Waals surface area contributed by atoms with Gasteiger partial charge in [-0.25, -0.2) is 0 Å². The van der Waals surface area contributed by atoms with Crippen LogP contribution in [0.4, 0.5) is 0 Å². The van der Waals surface area contributed by atoms with E-state index in [-0.39, 0.29) is 6.61 Å². The summed E-state index contributed by atoms with van der Waals surface area (Å²) >= 11 is 0. The maximum absolute atomic E-state index is 11.5. The predicted molar refractivity (Wildman–Crippen MR) is 67.9 cm³/mol. The lowest BCUT2D eigenvalue weighted by Gasteiger charge is -2.24. The minimum absolute atomic E-state index is 0.252. The number of unbranched alkanes of at least 4 members (excludes halogenated alkanes) is 3. The van der Waals surface area contributed by atoms with E-state index in [0.29, 0.717) is 5.92 Å². The first-order valence-corrected chi connectivity index (χ1v) is 6.99. The van der Waals surface area contributed by atoms with Crippen molar-refractivity contribution < 1.29 is 15.0 Å². The zero-order valence-electron chi connectivity index (χ0n) is 11.0. The first-order valence-electron chi connectivity index (χ1n) is 6.99. The lowest BCUT2D eigenvalue weighted by atomic mass is 9.80. The molecule has 0 spiro atoms. The van der Waals surface area contributed by atoms with Gasteiger partial charge in [-0.05, 0) is 38.0 Å². The monoisotopic (exact) mass is 242 g/mol. The first-order chi connectivity index (χ1) is 8.14. The second kappa shape index (κ2) is 7.00. The Morgan fingerprint density at radius 2 is 2.00 bits per heavy atom. The molecule has 1 aliphatic rings. The van der Waals surface area contributed by atoms with E-state index in [4.69, 9.17) is 5.11 Å². The molecular weight excluding hydrogens is 216 g/mol. The van der Waals surface area contributed by atoms with Gasteiger partial charge in [0.1, 0.15) is 0 Å². The third-order valence-electron chi connectivity index (χ3n) is 4.31. The van der Waals surface area contributed by atoms with Crippen LogP contribution in [0.5, 0.6) is 0 Å². The van der Waals surface area contributed by atoms with Crippen LogP contribution in [0, 0.1) is 11.3 Å². The van der Waals surface area contributed by atoms with Gasteiger partial charge in [0, 0.05) is 6.61 Å². The number of rotatable bonds is 8. The topological polar surface area (TPSA) is 57.5 Å². The Balaban J connectivity index is 2.37. The van der Waals surface area contributed by atoms with Crippen molar-refractivity contribution in [2.75, 3.05) is 6.61 Å². The Labute approximate surface area is 104 Å². The average Bonchev–Trinajstić information content (AvgIpc) is 2.74. The van der Waals surface area contributed by atoms with E-state index in [1.807, 2.05) is 0 Å². The summed E-state index contributed by atoms with van der Waals surface area (Å²) in [5.74, 6) is 0.0270. The minimum atomic E-state index is -0.587. The SMILES string of the molecule is CCC1CCC(CCCCCCO)(C(=O)O)C1. The number of hydrogen-bond donors (Lipinski definition) is 2. The smallest absolute Gasteiger partial charge is 0.309 e. The zero-order chi connectivity index (χ0) is 12.7. The molecule has 1 fully saturated rings. The van der Waals surface area contributed by atoms with Crippen LogP contribution in [0.15, 0.2) is 0 Å². The van der Waals surface area contributed by atoms with Crippen LogP contribution in [-0.4, -0.2) is 22.8 Å². The molecule has 0 amide bonds. The number of carboxylic acid groups (broad SMARTS) is 1. The maximum atomic E-state index is 11.5. The summed E-state index contributed by atoms with van der Waals surface area (Å²) in [6.45, 7) is 2.41. The molecule has 0 aromatic rings. The van der Waals surface area contributed by atoms with Gasteiger partial charge >= 0.3 is 5.97 Å². The number of aliphatic carboxylic acids is 1. The molecule has 1 saturated carbocycles. The molecule has 0 aliphatic heterocycles. The summed E-state index contributed by atoms with van der Waals surface area (Å²) in [6, 6.07) is 0. The second-order valence-corrected chi connectivity index (χ2v) is 5.49. The van der Waals surface area contributed by atoms with Gasteiger partial charge in [0.15, 0.2) is 0 Å². The summed E-state index contributed by atoms with van der Waals surface area (Å²) in [4.78, 5) is 11.5. The van der Waals surface area contributed by atoms with Crippen LogP contribution in [-0.2, 0) is 4.79 Å². The molecule has 2 N–H and O–H groups in total. The van der Waals surface area contributed by atoms with Crippen molar-refractivity contribution in [3.63, 3.8) is 0 Å². The highest BCUT2D eigenvalue weighted by atomic mass is 16.4. The van der Waals surface area contributed by atoms with E-state index in [1.165, 1.54) is 0 Å². The molecule has 2 atom stereocenters. The van der Waals surface area contributed by atoms with Crippen molar-refractivity contribution in [3.05, 3.63) is 0 Å². The molecule has 100 valence electrons. The summed E-state index contributed by atoms with van der Waals surface area (Å²) in [5, 5.41) is 18.1. The Bertz CT molecular complexity index is 240. The molecule has 0 heterocycles. The first kappa shape index (κ1) is 14.5. The highest BCUT2D eigenvalue weighted by Crippen LogP contribution is 2.46. The minimum Gasteiger partial charge on any atom is -0.481 e. The summed E-state index contributed by atoms with van der Waals surface area (Å²) in [6.07, 6.45) is 8.65. The molecule has 1 rings (SSSR count). The maximum Gasteiger partial charge on any atom is 0.309 e. The molecule has 0 saturated heterocycles. The fourth-order valence-corrected chi connectivity index (χ4v) is 3.04. The van der Waals surface area contributed by atoms with Gasteiger partial charge in [-0.2, -0.15) is 0 Å². The van der Waals surface area contributed by atoms with Crippen molar-refractivity contribution in [1.29, 1.82) is 0 Å². The predicted octanol–water partition coefficient (Wildman–Crippen LogP) is 3.21. The Morgan fingerprint density at radius 1 is 1.29 bits per heavy atom. The van der Waals surface area contributed by atoms with Crippen LogP contribution in [0.25, 0.3) is 0 Å². The van der Waals surface area contributed by atoms with E-state index in [0.717, 1.165) is 57.8 Å². The van der Waals surface area contributed by atoms with Gasteiger partial charge in [-0.1, -0.05) is 32.6 Å². The van der Waals surface area contributed by atoms with Crippen molar-refractivity contribution in [2.45, 2.75) is 64.7 Å². The number of hydrogen-bond acceptors (Lipinski definition) is 2. The third-order valence-corrected chi connectivity index (χ3v) is 4.31. The lowest BCUT2D eigenvalue weighted by Crippen LogP contribution is -2.28. The van der Waals surface area contributed by atoms with Crippen molar-refractivity contribution in [3.8, 4) is 0 Å². The van der Waals surface area contributed by atoms with Crippen molar-refractivity contribution in [1.82, 2.24) is 0 Å². The van der Waals surface area contributed by atoms with E-state index < -0.39 is 11.4 Å². The summed E-state index contributed by atoms with van der Waals surface area (Å²) in [7, 11) is 0. The fraction of sp³-hybridized carbons (Fsp3) is 0.929. The summed E-state index contributed by atoms with van der Waals surface area (Å²) < 4.78 is 0. The second-order valence-electron chi connectivity index (χ2n) is 5.49. The highest BCUT2D eigenvalue weighted by molar-refractivity contribution is 5.75. The van der Waals surface area contributed by atoms with Gasteiger partial charge < -0.3 is 10.2 Å². The van der Waals surface area contributed by atoms with Gasteiger partial charge in [0.25, 0.3) is 0 Å². The Kier molecular flexibility index (Phi) is 5.96. The van der Waals surface area contributed by atoms with Crippen molar-refractivity contribution >= 4 is 5.97 Å². The van der Waals surface area contributed by atoms with Gasteiger partial charge in [0.2, 0.25) is 0 Å². The highest BCUT2D eigenvalue weighted by Gasteiger charge is 2.44. The van der Waals surface area contributed by atoms with E-state index >= 15 is 0 Å². The van der Waals surface area contributed by atoms with Crippen LogP contribution < -0.4 is 0 Å². The van der Waals surface area contributed by atoms with E-state index in [1.54, 1.807) is 0 Å². The Hall–Kier alpha value is -0.570. The molecule has 1 aliphatic carbocycles. The number of aliphatic hydroxyl groups excluding tert-OH is 1. The molecule has 3 heteroatoms. The van der Waals surface area contributed by atoms with Crippen molar-refractivity contribution in [2.24, 2.45) is 11.3 Å². The molecule has 0 bridgehead atoms. The Morgan fingerprint density at radius 3 is 2.53 bits per heavy atom. The van der Waals surface area contributed by atoms with Crippen LogP contribution in [0.3, 0.4) is 0 Å². The molecular formula is C14H26O3. The van der Waals surface area contributed by atoms with Crippen LogP contribution in [0.2, 0.25) is 0 Å². The third kappa shape index (κ3) is 3.98. The molecule has 0 aromatic heterocycles. The number of carbonyl (C=O) groups is 1. The van der Waals surface area contributed by atoms with Gasteiger partial charge in [-0.15, -0.1) is 0 Å². The standard InChI is InChI=1S/C14H26O3/c1-2-12-7-9-14(11-12,13(16)17)8-5-3-4-6-10-15/h12,15H,2-11H2,1H3,(H,16,17). The molecule has 0 radical (unpaired) electrons. The number of aliphatic hydroxyl groups is 1. The lowest BCUT2D eigenvalue weighted by molar-refractivity contribution is -0.149. The normalized spacial score (nSPS) is 28.5. The number of carboxylic acids is 1. The van der Waals surface area contributed by atoms with Gasteiger partial charge in [-0.3, -0.25) is 4.79 Å². The van der Waals surface area contributed by atoms with Crippen LogP contribution >= 0.6 is 0 Å². The fourth-order valence-electron chi connectivity index (χ4n) is 3.04. The largest absolute Gasteiger partial charge is 0.481 e. The molecule has 0 aromatic carbocycles. The molecule has 2 unspecified atom stereocenters. The van der Waals surface area contributed by atoms with Crippen LogP contribution in [0.1, 0.15) is 64.7 Å². The average molecular weight is 242 g/mol.